The van der Waals surface area contributed by atoms with E-state index in [-0.39, 0.29) is 5.82 Å². The zero-order valence-electron chi connectivity index (χ0n) is 12.6. The van der Waals surface area contributed by atoms with E-state index in [1.54, 1.807) is 17.4 Å². The third kappa shape index (κ3) is 3.01. The fourth-order valence-electron chi connectivity index (χ4n) is 2.87. The van der Waals surface area contributed by atoms with Crippen molar-refractivity contribution in [2.75, 3.05) is 6.54 Å². The number of halogens is 1. The Morgan fingerprint density at radius 3 is 3.10 bits per heavy atom. The summed E-state index contributed by atoms with van der Waals surface area (Å²) in [5.41, 5.74) is 3.22. The molecule has 1 aliphatic carbocycles. The summed E-state index contributed by atoms with van der Waals surface area (Å²) in [5.74, 6) is -0.190. The van der Waals surface area contributed by atoms with Gasteiger partial charge < -0.3 is 5.32 Å². The van der Waals surface area contributed by atoms with Gasteiger partial charge in [-0.2, -0.15) is 0 Å². The van der Waals surface area contributed by atoms with E-state index < -0.39 is 0 Å². The minimum Gasteiger partial charge on any atom is -0.309 e. The minimum absolute atomic E-state index is 0.190. The van der Waals surface area contributed by atoms with Crippen LogP contribution in [0.3, 0.4) is 0 Å². The summed E-state index contributed by atoms with van der Waals surface area (Å²) in [5, 5.41) is 4.57. The molecule has 0 fully saturated rings. The summed E-state index contributed by atoms with van der Waals surface area (Å²) in [6.07, 6.45) is 4.54. The lowest BCUT2D eigenvalue weighted by Crippen LogP contribution is -2.24. The van der Waals surface area contributed by atoms with Crippen molar-refractivity contribution in [3.05, 3.63) is 40.2 Å². The van der Waals surface area contributed by atoms with Crippen molar-refractivity contribution in [2.45, 2.75) is 45.6 Å². The lowest BCUT2D eigenvalue weighted by molar-refractivity contribution is 0.465. The van der Waals surface area contributed by atoms with Crippen LogP contribution in [0.15, 0.2) is 18.2 Å². The van der Waals surface area contributed by atoms with E-state index in [0.717, 1.165) is 35.5 Å². The predicted molar refractivity (Wildman–Crippen MR) is 86.2 cm³/mol. The van der Waals surface area contributed by atoms with Crippen LogP contribution >= 0.6 is 11.3 Å². The van der Waals surface area contributed by atoms with Crippen LogP contribution in [0, 0.1) is 12.7 Å². The summed E-state index contributed by atoms with van der Waals surface area (Å²) in [4.78, 5) is 6.15. The van der Waals surface area contributed by atoms with E-state index in [1.165, 1.54) is 29.5 Å². The molecular formula is C17H21FN2S. The molecule has 1 heterocycles. The van der Waals surface area contributed by atoms with Crippen LogP contribution < -0.4 is 5.32 Å². The zero-order chi connectivity index (χ0) is 14.8. The topological polar surface area (TPSA) is 24.9 Å². The van der Waals surface area contributed by atoms with Gasteiger partial charge in [-0.15, -0.1) is 11.3 Å². The van der Waals surface area contributed by atoms with Crippen LogP contribution in [0.25, 0.3) is 10.6 Å². The molecule has 0 saturated heterocycles. The van der Waals surface area contributed by atoms with Crippen molar-refractivity contribution in [1.29, 1.82) is 0 Å². The second-order valence-corrected chi connectivity index (χ2v) is 6.72. The van der Waals surface area contributed by atoms with Gasteiger partial charge in [0.25, 0.3) is 0 Å². The second kappa shape index (κ2) is 6.24. The highest BCUT2D eigenvalue weighted by atomic mass is 32.1. The average Bonchev–Trinajstić information content (AvgIpc) is 2.92. The minimum atomic E-state index is -0.190. The maximum atomic E-state index is 13.5. The number of aromatic nitrogens is 1. The van der Waals surface area contributed by atoms with Gasteiger partial charge in [-0.1, -0.05) is 13.0 Å². The maximum Gasteiger partial charge on any atom is 0.124 e. The molecule has 2 aromatic rings. The lowest BCUT2D eigenvalue weighted by atomic mass is 9.98. The zero-order valence-corrected chi connectivity index (χ0v) is 13.4. The van der Waals surface area contributed by atoms with Gasteiger partial charge in [0.1, 0.15) is 10.8 Å². The van der Waals surface area contributed by atoms with Crippen LogP contribution in [0.1, 0.15) is 48.4 Å². The van der Waals surface area contributed by atoms with Crippen molar-refractivity contribution < 1.29 is 4.39 Å². The number of thiazole rings is 1. The van der Waals surface area contributed by atoms with Crippen LogP contribution in [-0.2, 0) is 6.42 Å². The highest BCUT2D eigenvalue weighted by molar-refractivity contribution is 7.15. The van der Waals surface area contributed by atoms with Crippen molar-refractivity contribution >= 4 is 11.3 Å². The number of fused-ring (bicyclic) bond motifs is 1. The van der Waals surface area contributed by atoms with Gasteiger partial charge in [0.05, 0.1) is 5.69 Å². The Kier molecular flexibility index (Phi) is 4.36. The summed E-state index contributed by atoms with van der Waals surface area (Å²) in [7, 11) is 0. The lowest BCUT2D eigenvalue weighted by Gasteiger charge is -2.22. The molecular weight excluding hydrogens is 283 g/mol. The molecule has 1 aromatic carbocycles. The van der Waals surface area contributed by atoms with Crippen LogP contribution in [0.2, 0.25) is 0 Å². The van der Waals surface area contributed by atoms with Gasteiger partial charge >= 0.3 is 0 Å². The first kappa shape index (κ1) is 14.7. The van der Waals surface area contributed by atoms with Crippen molar-refractivity contribution in [3.8, 4) is 10.6 Å². The number of benzene rings is 1. The molecule has 1 atom stereocenters. The monoisotopic (exact) mass is 304 g/mol. The predicted octanol–water partition coefficient (Wildman–Crippen LogP) is 4.63. The molecule has 0 aliphatic heterocycles. The normalized spacial score (nSPS) is 17.8. The molecule has 0 spiro atoms. The first-order valence-electron chi connectivity index (χ1n) is 7.68. The molecule has 0 bridgehead atoms. The first-order chi connectivity index (χ1) is 10.2. The van der Waals surface area contributed by atoms with Crippen molar-refractivity contribution in [1.82, 2.24) is 10.3 Å². The molecule has 1 aromatic heterocycles. The molecule has 112 valence electrons. The Morgan fingerprint density at radius 1 is 1.43 bits per heavy atom. The molecule has 2 nitrogen and oxygen atoms in total. The second-order valence-electron chi connectivity index (χ2n) is 5.69. The van der Waals surface area contributed by atoms with Crippen LogP contribution in [-0.4, -0.2) is 11.5 Å². The SMILES string of the molecule is CCCNC1CCCc2nc(-c3cc(F)ccc3C)sc21. The molecule has 0 saturated carbocycles. The van der Waals surface area contributed by atoms with Crippen LogP contribution in [0.5, 0.6) is 0 Å². The van der Waals surface area contributed by atoms with E-state index in [0.29, 0.717) is 6.04 Å². The third-order valence-corrected chi connectivity index (χ3v) is 5.27. The number of hydrogen-bond donors (Lipinski definition) is 1. The first-order valence-corrected chi connectivity index (χ1v) is 8.50. The molecule has 21 heavy (non-hydrogen) atoms. The summed E-state index contributed by atoms with van der Waals surface area (Å²) < 4.78 is 13.5. The number of nitrogens with zero attached hydrogens (tertiary/aromatic N) is 1. The summed E-state index contributed by atoms with van der Waals surface area (Å²) >= 11 is 1.73. The van der Waals surface area contributed by atoms with Gasteiger partial charge in [0.2, 0.25) is 0 Å². The Bertz CT molecular complexity index is 636. The number of hydrogen-bond acceptors (Lipinski definition) is 3. The number of rotatable bonds is 4. The smallest absolute Gasteiger partial charge is 0.124 e. The van der Waals surface area contributed by atoms with E-state index in [4.69, 9.17) is 4.98 Å². The largest absolute Gasteiger partial charge is 0.309 e. The maximum absolute atomic E-state index is 13.5. The van der Waals surface area contributed by atoms with Crippen LogP contribution in [0.4, 0.5) is 4.39 Å². The van der Waals surface area contributed by atoms with Gasteiger partial charge in [0, 0.05) is 16.5 Å². The Balaban J connectivity index is 1.96. The van der Waals surface area contributed by atoms with Gasteiger partial charge in [0.15, 0.2) is 0 Å². The highest BCUT2D eigenvalue weighted by Crippen LogP contribution is 2.38. The number of nitrogens with one attached hydrogen (secondary N) is 1. The number of aryl methyl sites for hydroxylation is 2. The van der Waals surface area contributed by atoms with E-state index in [9.17, 15) is 4.39 Å². The van der Waals surface area contributed by atoms with Gasteiger partial charge in [-0.05, 0) is 56.8 Å². The molecule has 0 amide bonds. The molecule has 3 rings (SSSR count). The van der Waals surface area contributed by atoms with Crippen molar-refractivity contribution in [2.24, 2.45) is 0 Å². The average molecular weight is 304 g/mol. The fourth-order valence-corrected chi connectivity index (χ4v) is 4.18. The fraction of sp³-hybridized carbons (Fsp3) is 0.471. The van der Waals surface area contributed by atoms with E-state index in [2.05, 4.69) is 12.2 Å². The molecule has 0 radical (unpaired) electrons. The Hall–Kier alpha value is -1.26. The third-order valence-electron chi connectivity index (χ3n) is 4.02. The van der Waals surface area contributed by atoms with Crippen molar-refractivity contribution in [3.63, 3.8) is 0 Å². The molecule has 1 N–H and O–H groups in total. The quantitative estimate of drug-likeness (QED) is 0.890. The molecule has 1 unspecified atom stereocenters. The van der Waals surface area contributed by atoms with E-state index in [1.807, 2.05) is 13.0 Å². The van der Waals surface area contributed by atoms with Gasteiger partial charge in [-0.25, -0.2) is 9.37 Å². The summed E-state index contributed by atoms with van der Waals surface area (Å²) in [6.45, 7) is 5.24. The molecule has 4 heteroatoms. The Labute approximate surface area is 129 Å². The van der Waals surface area contributed by atoms with E-state index >= 15 is 0 Å². The Morgan fingerprint density at radius 2 is 2.29 bits per heavy atom. The highest BCUT2D eigenvalue weighted by Gasteiger charge is 2.24. The van der Waals surface area contributed by atoms with Gasteiger partial charge in [-0.3, -0.25) is 0 Å². The summed E-state index contributed by atoms with van der Waals surface area (Å²) in [6, 6.07) is 5.37. The standard InChI is InChI=1S/C17H21FN2S/c1-3-9-19-14-5-4-6-15-16(14)21-17(20-15)13-10-12(18)8-7-11(13)2/h7-8,10,14,19H,3-6,9H2,1-2H3. The molecule has 1 aliphatic rings.